The summed E-state index contributed by atoms with van der Waals surface area (Å²) >= 11 is 1.75. The van der Waals surface area contributed by atoms with Crippen molar-refractivity contribution in [3.63, 3.8) is 0 Å². The molecule has 138 valence electrons. The fraction of sp³-hybridized carbons (Fsp3) is 0.529. The second kappa shape index (κ2) is 8.78. The number of carbonyl (C=O) groups excluding carboxylic acids is 2. The van der Waals surface area contributed by atoms with E-state index in [1.807, 2.05) is 28.9 Å². The predicted octanol–water partition coefficient (Wildman–Crippen LogP) is 1.37. The molecule has 8 heteroatoms. The molecule has 6 nitrogen and oxygen atoms in total. The summed E-state index contributed by atoms with van der Waals surface area (Å²) in [5.74, 6) is 2.55. The maximum Gasteiger partial charge on any atom is 0.254 e. The van der Waals surface area contributed by atoms with Crippen LogP contribution < -0.4 is 10.1 Å². The van der Waals surface area contributed by atoms with Gasteiger partial charge in [0.25, 0.3) is 5.91 Å². The molecule has 1 N–H and O–H groups in total. The number of methoxy groups -OCH3 is 1. The molecule has 2 amide bonds. The first-order valence-electron chi connectivity index (χ1n) is 8.14. The van der Waals surface area contributed by atoms with E-state index < -0.39 is 0 Å². The highest BCUT2D eigenvalue weighted by molar-refractivity contribution is 7.99. The minimum atomic E-state index is -0.0707. The summed E-state index contributed by atoms with van der Waals surface area (Å²) in [5.41, 5.74) is 1.64. The van der Waals surface area contributed by atoms with Crippen LogP contribution in [0.4, 0.5) is 0 Å². The van der Waals surface area contributed by atoms with Crippen LogP contribution >= 0.6 is 24.2 Å². The zero-order valence-corrected chi connectivity index (χ0v) is 16.1. The molecule has 2 heterocycles. The first kappa shape index (κ1) is 19.9. The number of thioether (sulfide) groups is 1. The van der Waals surface area contributed by atoms with Crippen molar-refractivity contribution in [3.8, 4) is 5.75 Å². The van der Waals surface area contributed by atoms with Crippen LogP contribution in [0.1, 0.15) is 15.9 Å². The van der Waals surface area contributed by atoms with Crippen LogP contribution in [0.3, 0.4) is 0 Å². The summed E-state index contributed by atoms with van der Waals surface area (Å²) in [5, 5.41) is 3.21. The number of carbonyl (C=O) groups is 2. The van der Waals surface area contributed by atoms with Crippen molar-refractivity contribution in [2.75, 3.05) is 44.9 Å². The van der Waals surface area contributed by atoms with Crippen molar-refractivity contribution in [2.45, 2.75) is 13.0 Å². The van der Waals surface area contributed by atoms with E-state index in [0.717, 1.165) is 22.9 Å². The summed E-state index contributed by atoms with van der Waals surface area (Å²) in [4.78, 5) is 28.7. The summed E-state index contributed by atoms with van der Waals surface area (Å²) in [7, 11) is 1.61. The monoisotopic (exact) mass is 385 g/mol. The van der Waals surface area contributed by atoms with E-state index >= 15 is 0 Å². The lowest BCUT2D eigenvalue weighted by Crippen LogP contribution is -2.54. The van der Waals surface area contributed by atoms with E-state index in [2.05, 4.69) is 5.32 Å². The lowest BCUT2D eigenvalue weighted by molar-refractivity contribution is -0.134. The number of benzene rings is 1. The Bertz CT molecular complexity index is 630. The standard InChI is InChI=1S/C17H23N3O3S.ClH/c1-12-3-4-13(9-15(12)23-2)16(21)19-5-7-20(8-6-19)17(22)14-10-24-11-18-14;/h3-4,9,14,18H,5-8,10-11H2,1-2H3;1H. The molecule has 2 aliphatic heterocycles. The quantitative estimate of drug-likeness (QED) is 0.851. The van der Waals surface area contributed by atoms with Gasteiger partial charge >= 0.3 is 0 Å². The zero-order valence-electron chi connectivity index (χ0n) is 14.5. The van der Waals surface area contributed by atoms with E-state index in [9.17, 15) is 9.59 Å². The number of ether oxygens (including phenoxy) is 1. The number of aryl methyl sites for hydroxylation is 1. The Morgan fingerprint density at radius 1 is 1.20 bits per heavy atom. The van der Waals surface area contributed by atoms with E-state index in [4.69, 9.17) is 4.74 Å². The van der Waals surface area contributed by atoms with Gasteiger partial charge in [0.15, 0.2) is 0 Å². The third-order valence-corrected chi connectivity index (χ3v) is 5.49. The van der Waals surface area contributed by atoms with E-state index in [1.54, 1.807) is 24.9 Å². The molecule has 1 aromatic carbocycles. The summed E-state index contributed by atoms with van der Waals surface area (Å²) in [6, 6.07) is 5.44. The van der Waals surface area contributed by atoms with Crippen LogP contribution in [0, 0.1) is 6.92 Å². The molecule has 1 unspecified atom stereocenters. The van der Waals surface area contributed by atoms with Gasteiger partial charge in [-0.25, -0.2) is 0 Å². The molecule has 0 spiro atoms. The molecular weight excluding hydrogens is 362 g/mol. The smallest absolute Gasteiger partial charge is 0.254 e. The Morgan fingerprint density at radius 3 is 2.48 bits per heavy atom. The second-order valence-corrected chi connectivity index (χ2v) is 7.10. The summed E-state index contributed by atoms with van der Waals surface area (Å²) < 4.78 is 5.30. The predicted molar refractivity (Wildman–Crippen MR) is 102 cm³/mol. The highest BCUT2D eigenvalue weighted by atomic mass is 35.5. The molecule has 0 aromatic heterocycles. The average Bonchev–Trinajstić information content (AvgIpc) is 3.16. The van der Waals surface area contributed by atoms with Crippen LogP contribution in [0.25, 0.3) is 0 Å². The molecule has 2 fully saturated rings. The number of rotatable bonds is 3. The number of hydrogen-bond acceptors (Lipinski definition) is 5. The first-order chi connectivity index (χ1) is 11.6. The fourth-order valence-corrected chi connectivity index (χ4v) is 3.97. The molecule has 0 radical (unpaired) electrons. The first-order valence-corrected chi connectivity index (χ1v) is 9.29. The number of piperazine rings is 1. The molecule has 0 bridgehead atoms. The largest absolute Gasteiger partial charge is 0.496 e. The molecule has 1 aromatic rings. The van der Waals surface area contributed by atoms with Gasteiger partial charge < -0.3 is 14.5 Å². The molecule has 3 rings (SSSR count). The van der Waals surface area contributed by atoms with Crippen molar-refractivity contribution >= 4 is 36.0 Å². The minimum absolute atomic E-state index is 0. The Kier molecular flexibility index (Phi) is 6.98. The topological polar surface area (TPSA) is 61.9 Å². The van der Waals surface area contributed by atoms with Gasteiger partial charge in [-0.2, -0.15) is 0 Å². The fourth-order valence-electron chi connectivity index (χ4n) is 3.04. The van der Waals surface area contributed by atoms with Crippen LogP contribution in [0.15, 0.2) is 18.2 Å². The number of hydrogen-bond donors (Lipinski definition) is 1. The maximum atomic E-state index is 12.7. The summed E-state index contributed by atoms with van der Waals surface area (Å²) in [6.07, 6.45) is 0. The van der Waals surface area contributed by atoms with Crippen LogP contribution in [-0.4, -0.2) is 72.6 Å². The Balaban J connectivity index is 0.00000225. The number of amides is 2. The molecule has 2 saturated heterocycles. The van der Waals surface area contributed by atoms with Gasteiger partial charge in [-0.05, 0) is 24.6 Å². The van der Waals surface area contributed by atoms with Crippen LogP contribution in [-0.2, 0) is 4.79 Å². The average molecular weight is 386 g/mol. The number of halogens is 1. The van der Waals surface area contributed by atoms with Crippen molar-refractivity contribution in [3.05, 3.63) is 29.3 Å². The van der Waals surface area contributed by atoms with Crippen molar-refractivity contribution in [2.24, 2.45) is 0 Å². The van der Waals surface area contributed by atoms with Gasteiger partial charge in [0, 0.05) is 43.4 Å². The molecule has 0 saturated carbocycles. The van der Waals surface area contributed by atoms with Gasteiger partial charge in [0.05, 0.1) is 13.2 Å². The Hall–Kier alpha value is -1.44. The highest BCUT2D eigenvalue weighted by Gasteiger charge is 2.30. The van der Waals surface area contributed by atoms with Gasteiger partial charge in [-0.15, -0.1) is 24.2 Å². The second-order valence-electron chi connectivity index (χ2n) is 6.07. The minimum Gasteiger partial charge on any atom is -0.496 e. The Morgan fingerprint density at radius 2 is 1.88 bits per heavy atom. The number of nitrogens with one attached hydrogen (secondary N) is 1. The van der Waals surface area contributed by atoms with E-state index in [-0.39, 0.29) is 30.3 Å². The molecular formula is C17H24ClN3O3S. The van der Waals surface area contributed by atoms with Gasteiger partial charge in [0.1, 0.15) is 5.75 Å². The normalized spacial score (nSPS) is 20.2. The van der Waals surface area contributed by atoms with Crippen molar-refractivity contribution in [1.82, 2.24) is 15.1 Å². The van der Waals surface area contributed by atoms with Gasteiger partial charge in [-0.3, -0.25) is 14.9 Å². The number of nitrogens with zero attached hydrogens (tertiary/aromatic N) is 2. The third-order valence-electron chi connectivity index (χ3n) is 4.55. The molecule has 0 aliphatic carbocycles. The summed E-state index contributed by atoms with van der Waals surface area (Å²) in [6.45, 7) is 4.28. The lowest BCUT2D eigenvalue weighted by Gasteiger charge is -2.36. The Labute approximate surface area is 158 Å². The van der Waals surface area contributed by atoms with Gasteiger partial charge in [0.2, 0.25) is 5.91 Å². The SMILES string of the molecule is COc1cc(C(=O)N2CCN(C(=O)C3CSCN3)CC2)ccc1C.Cl. The van der Waals surface area contributed by atoms with Crippen LogP contribution in [0.2, 0.25) is 0 Å². The van der Waals surface area contributed by atoms with Crippen molar-refractivity contribution < 1.29 is 14.3 Å². The van der Waals surface area contributed by atoms with Gasteiger partial charge in [-0.1, -0.05) is 6.07 Å². The third kappa shape index (κ3) is 4.40. The zero-order chi connectivity index (χ0) is 17.1. The molecule has 1 atom stereocenters. The maximum absolute atomic E-state index is 12.7. The van der Waals surface area contributed by atoms with E-state index in [1.165, 1.54) is 0 Å². The van der Waals surface area contributed by atoms with E-state index in [0.29, 0.717) is 31.7 Å². The van der Waals surface area contributed by atoms with Crippen LogP contribution in [0.5, 0.6) is 5.75 Å². The highest BCUT2D eigenvalue weighted by Crippen LogP contribution is 2.21. The molecule has 25 heavy (non-hydrogen) atoms. The van der Waals surface area contributed by atoms with Crippen molar-refractivity contribution in [1.29, 1.82) is 0 Å². The lowest BCUT2D eigenvalue weighted by atomic mass is 10.1. The molecule has 2 aliphatic rings.